The number of rotatable bonds is 4. The lowest BCUT2D eigenvalue weighted by atomic mass is 10.1. The molecule has 15 heavy (non-hydrogen) atoms. The van der Waals surface area contributed by atoms with E-state index >= 15 is 0 Å². The first-order valence-corrected chi connectivity index (χ1v) is 6.30. The SMILES string of the molecule is CCCC[C@H](N)C(=O)N1CCCCCC1. The Morgan fingerprint density at radius 1 is 1.27 bits per heavy atom. The van der Waals surface area contributed by atoms with E-state index in [1.165, 1.54) is 12.8 Å². The van der Waals surface area contributed by atoms with Crippen LogP contribution in [0.25, 0.3) is 0 Å². The molecular formula is C12H24N2O. The number of amides is 1. The van der Waals surface area contributed by atoms with Crippen LogP contribution >= 0.6 is 0 Å². The van der Waals surface area contributed by atoms with Crippen LogP contribution in [0.4, 0.5) is 0 Å². The average Bonchev–Trinajstić information content (AvgIpc) is 2.53. The largest absolute Gasteiger partial charge is 0.341 e. The fraction of sp³-hybridized carbons (Fsp3) is 0.917. The summed E-state index contributed by atoms with van der Waals surface area (Å²) < 4.78 is 0. The highest BCUT2D eigenvalue weighted by Crippen LogP contribution is 2.11. The van der Waals surface area contributed by atoms with E-state index in [1.807, 2.05) is 4.90 Å². The van der Waals surface area contributed by atoms with Gasteiger partial charge in [-0.3, -0.25) is 4.79 Å². The Bertz CT molecular complexity index is 186. The van der Waals surface area contributed by atoms with Gasteiger partial charge in [0.2, 0.25) is 5.91 Å². The molecule has 1 atom stereocenters. The number of nitrogens with zero attached hydrogens (tertiary/aromatic N) is 1. The van der Waals surface area contributed by atoms with Crippen molar-refractivity contribution in [3.63, 3.8) is 0 Å². The van der Waals surface area contributed by atoms with Crippen molar-refractivity contribution in [2.75, 3.05) is 13.1 Å². The quantitative estimate of drug-likeness (QED) is 0.773. The molecule has 0 radical (unpaired) electrons. The van der Waals surface area contributed by atoms with Crippen molar-refractivity contribution in [1.82, 2.24) is 4.90 Å². The van der Waals surface area contributed by atoms with Gasteiger partial charge in [-0.15, -0.1) is 0 Å². The molecule has 0 saturated carbocycles. The topological polar surface area (TPSA) is 46.3 Å². The van der Waals surface area contributed by atoms with Gasteiger partial charge in [-0.1, -0.05) is 32.6 Å². The van der Waals surface area contributed by atoms with Crippen molar-refractivity contribution in [3.8, 4) is 0 Å². The minimum Gasteiger partial charge on any atom is -0.341 e. The molecule has 3 heteroatoms. The van der Waals surface area contributed by atoms with Gasteiger partial charge in [-0.05, 0) is 19.3 Å². The summed E-state index contributed by atoms with van der Waals surface area (Å²) in [7, 11) is 0. The molecule has 0 aromatic carbocycles. The van der Waals surface area contributed by atoms with Gasteiger partial charge in [0.05, 0.1) is 6.04 Å². The van der Waals surface area contributed by atoms with Gasteiger partial charge in [0, 0.05) is 13.1 Å². The molecular weight excluding hydrogens is 188 g/mol. The summed E-state index contributed by atoms with van der Waals surface area (Å²) in [5, 5.41) is 0. The zero-order chi connectivity index (χ0) is 11.1. The Morgan fingerprint density at radius 3 is 2.40 bits per heavy atom. The zero-order valence-electron chi connectivity index (χ0n) is 9.87. The molecule has 0 bridgehead atoms. The number of carbonyl (C=O) groups is 1. The second-order valence-corrected chi connectivity index (χ2v) is 4.49. The Hall–Kier alpha value is -0.570. The summed E-state index contributed by atoms with van der Waals surface area (Å²) in [6.07, 6.45) is 7.81. The molecule has 1 rings (SSSR count). The summed E-state index contributed by atoms with van der Waals surface area (Å²) >= 11 is 0. The molecule has 88 valence electrons. The first kappa shape index (κ1) is 12.5. The second-order valence-electron chi connectivity index (χ2n) is 4.49. The zero-order valence-corrected chi connectivity index (χ0v) is 9.87. The first-order valence-electron chi connectivity index (χ1n) is 6.30. The fourth-order valence-corrected chi connectivity index (χ4v) is 2.07. The van der Waals surface area contributed by atoms with E-state index in [1.54, 1.807) is 0 Å². The van der Waals surface area contributed by atoms with Crippen molar-refractivity contribution >= 4 is 5.91 Å². The Kier molecular flexibility index (Phi) is 5.69. The molecule has 0 aromatic rings. The third kappa shape index (κ3) is 4.20. The monoisotopic (exact) mass is 212 g/mol. The van der Waals surface area contributed by atoms with Crippen LogP contribution in [-0.2, 0) is 4.79 Å². The lowest BCUT2D eigenvalue weighted by Crippen LogP contribution is -2.44. The lowest BCUT2D eigenvalue weighted by molar-refractivity contribution is -0.132. The second kappa shape index (κ2) is 6.83. The van der Waals surface area contributed by atoms with Gasteiger partial charge in [0.1, 0.15) is 0 Å². The Morgan fingerprint density at radius 2 is 1.87 bits per heavy atom. The third-order valence-electron chi connectivity index (χ3n) is 3.10. The molecule has 0 aromatic heterocycles. The predicted molar refractivity (Wildman–Crippen MR) is 62.5 cm³/mol. The number of hydrogen-bond donors (Lipinski definition) is 1. The van der Waals surface area contributed by atoms with Crippen molar-refractivity contribution in [2.24, 2.45) is 5.73 Å². The number of carbonyl (C=O) groups excluding carboxylic acids is 1. The first-order chi connectivity index (χ1) is 7.25. The molecule has 0 aliphatic carbocycles. The molecule has 1 heterocycles. The van der Waals surface area contributed by atoms with Crippen molar-refractivity contribution < 1.29 is 4.79 Å². The van der Waals surface area contributed by atoms with E-state index in [-0.39, 0.29) is 11.9 Å². The standard InChI is InChI=1S/C12H24N2O/c1-2-3-8-11(13)12(15)14-9-6-4-5-7-10-14/h11H,2-10,13H2,1H3/t11-/m0/s1. The van der Waals surface area contributed by atoms with Gasteiger partial charge in [0.15, 0.2) is 0 Å². The Labute approximate surface area is 93.0 Å². The highest BCUT2D eigenvalue weighted by molar-refractivity contribution is 5.81. The van der Waals surface area contributed by atoms with Gasteiger partial charge >= 0.3 is 0 Å². The van der Waals surface area contributed by atoms with Crippen molar-refractivity contribution in [3.05, 3.63) is 0 Å². The van der Waals surface area contributed by atoms with E-state index in [2.05, 4.69) is 6.92 Å². The average molecular weight is 212 g/mol. The van der Waals surface area contributed by atoms with E-state index in [0.29, 0.717) is 0 Å². The van der Waals surface area contributed by atoms with Crippen LogP contribution in [-0.4, -0.2) is 29.9 Å². The summed E-state index contributed by atoms with van der Waals surface area (Å²) in [5.74, 6) is 0.172. The van der Waals surface area contributed by atoms with E-state index in [0.717, 1.165) is 45.2 Å². The minimum absolute atomic E-state index is 0.172. The molecule has 1 amide bonds. The lowest BCUT2D eigenvalue weighted by Gasteiger charge is -2.23. The van der Waals surface area contributed by atoms with Crippen LogP contribution in [0.2, 0.25) is 0 Å². The van der Waals surface area contributed by atoms with Crippen LogP contribution in [0.5, 0.6) is 0 Å². The van der Waals surface area contributed by atoms with Crippen molar-refractivity contribution in [2.45, 2.75) is 57.9 Å². The molecule has 1 aliphatic rings. The molecule has 2 N–H and O–H groups in total. The molecule has 0 spiro atoms. The van der Waals surface area contributed by atoms with E-state index in [9.17, 15) is 4.79 Å². The number of hydrogen-bond acceptors (Lipinski definition) is 2. The normalized spacial score (nSPS) is 19.7. The fourth-order valence-electron chi connectivity index (χ4n) is 2.07. The highest BCUT2D eigenvalue weighted by Gasteiger charge is 2.20. The predicted octanol–water partition coefficient (Wildman–Crippen LogP) is 1.91. The highest BCUT2D eigenvalue weighted by atomic mass is 16.2. The van der Waals surface area contributed by atoms with Crippen LogP contribution in [0.1, 0.15) is 51.9 Å². The van der Waals surface area contributed by atoms with Crippen molar-refractivity contribution in [1.29, 1.82) is 0 Å². The van der Waals surface area contributed by atoms with Crippen LogP contribution in [0.3, 0.4) is 0 Å². The summed E-state index contributed by atoms with van der Waals surface area (Å²) in [4.78, 5) is 13.9. The summed E-state index contributed by atoms with van der Waals surface area (Å²) in [6, 6.07) is -0.261. The number of nitrogens with two attached hydrogens (primary N) is 1. The molecule has 1 aliphatic heterocycles. The van der Waals surface area contributed by atoms with Crippen LogP contribution in [0, 0.1) is 0 Å². The van der Waals surface area contributed by atoms with Crippen LogP contribution < -0.4 is 5.73 Å². The van der Waals surface area contributed by atoms with E-state index < -0.39 is 0 Å². The molecule has 0 unspecified atom stereocenters. The van der Waals surface area contributed by atoms with E-state index in [4.69, 9.17) is 5.73 Å². The van der Waals surface area contributed by atoms with Gasteiger partial charge < -0.3 is 10.6 Å². The number of unbranched alkanes of at least 4 members (excludes halogenated alkanes) is 1. The molecule has 3 nitrogen and oxygen atoms in total. The maximum Gasteiger partial charge on any atom is 0.239 e. The summed E-state index contributed by atoms with van der Waals surface area (Å²) in [6.45, 7) is 3.96. The molecule has 1 fully saturated rings. The Balaban J connectivity index is 2.35. The summed E-state index contributed by atoms with van der Waals surface area (Å²) in [5.41, 5.74) is 5.89. The maximum atomic E-state index is 12.0. The third-order valence-corrected chi connectivity index (χ3v) is 3.10. The number of likely N-dealkylation sites (tertiary alicyclic amines) is 1. The van der Waals surface area contributed by atoms with Crippen LogP contribution in [0.15, 0.2) is 0 Å². The minimum atomic E-state index is -0.261. The smallest absolute Gasteiger partial charge is 0.239 e. The maximum absolute atomic E-state index is 12.0. The van der Waals surface area contributed by atoms with Gasteiger partial charge in [-0.25, -0.2) is 0 Å². The molecule has 1 saturated heterocycles. The van der Waals surface area contributed by atoms with Gasteiger partial charge in [0.25, 0.3) is 0 Å². The van der Waals surface area contributed by atoms with Gasteiger partial charge in [-0.2, -0.15) is 0 Å².